The van der Waals surface area contributed by atoms with Crippen molar-refractivity contribution in [2.24, 2.45) is 5.92 Å². The Morgan fingerprint density at radius 3 is 2.46 bits per heavy atom. The van der Waals surface area contributed by atoms with Crippen LogP contribution < -0.4 is 10.8 Å². The molecule has 1 saturated heterocycles. The second-order valence-electron chi connectivity index (χ2n) is 6.29. The number of carbonyl (C=O) groups is 2. The topological polar surface area (TPSA) is 55.4 Å². The number of ketones is 1. The number of nitrogens with one attached hydrogen (secondary N) is 1. The van der Waals surface area contributed by atoms with Crippen molar-refractivity contribution in [2.75, 3.05) is 0 Å². The van der Waals surface area contributed by atoms with Crippen LogP contribution in [-0.2, 0) is 9.53 Å². The average molecular weight is 337 g/mol. The number of benzene rings is 1. The van der Waals surface area contributed by atoms with Crippen LogP contribution in [0.2, 0.25) is 0 Å². The third kappa shape index (κ3) is 3.98. The molecule has 1 aromatic carbocycles. The van der Waals surface area contributed by atoms with Crippen LogP contribution in [0.1, 0.15) is 29.6 Å². The van der Waals surface area contributed by atoms with E-state index in [-0.39, 0.29) is 11.6 Å². The number of halogens is 3. The van der Waals surface area contributed by atoms with Crippen LogP contribution in [0.15, 0.2) is 24.3 Å². The van der Waals surface area contributed by atoms with Gasteiger partial charge in [0, 0.05) is 11.6 Å². The molecule has 4 nitrogen and oxygen atoms in total. The minimum Gasteiger partial charge on any atom is -0.452 e. The van der Waals surface area contributed by atoms with Crippen molar-refractivity contribution in [3.63, 3.8) is 0 Å². The van der Waals surface area contributed by atoms with Gasteiger partial charge in [-0.2, -0.15) is 13.2 Å². The molecule has 3 rings (SSSR count). The molecule has 1 aromatic rings. The van der Waals surface area contributed by atoms with Gasteiger partial charge in [-0.05, 0) is 18.8 Å². The van der Waals surface area contributed by atoms with Gasteiger partial charge in [-0.25, -0.2) is 0 Å². The number of rotatable bonds is 5. The van der Waals surface area contributed by atoms with Crippen molar-refractivity contribution in [1.82, 2.24) is 5.32 Å². The first kappa shape index (κ1) is 17.0. The van der Waals surface area contributed by atoms with Crippen molar-refractivity contribution >= 4 is 25.1 Å². The van der Waals surface area contributed by atoms with Crippen molar-refractivity contribution in [3.05, 3.63) is 29.8 Å². The average Bonchev–Trinajstić information content (AvgIpc) is 3.11. The van der Waals surface area contributed by atoms with E-state index in [2.05, 4.69) is 5.32 Å². The molecule has 1 saturated carbocycles. The van der Waals surface area contributed by atoms with Crippen molar-refractivity contribution in [3.8, 4) is 0 Å². The maximum absolute atomic E-state index is 12.8. The normalized spacial score (nSPS) is 26.5. The number of carbonyl (C=O) groups excluding carboxylic acids is 2. The maximum Gasteiger partial charge on any atom is 0.393 e. The molecule has 0 amide bonds. The first-order valence-corrected chi connectivity index (χ1v) is 7.66. The summed E-state index contributed by atoms with van der Waals surface area (Å²) in [6, 6.07) is 5.06. The highest BCUT2D eigenvalue weighted by Crippen LogP contribution is 2.41. The molecule has 0 aromatic heterocycles. The summed E-state index contributed by atoms with van der Waals surface area (Å²) in [4.78, 5) is 24.4. The number of hydrogen-bond acceptors (Lipinski definition) is 4. The van der Waals surface area contributed by atoms with E-state index >= 15 is 0 Å². The van der Waals surface area contributed by atoms with Gasteiger partial charge in [-0.15, -0.1) is 0 Å². The van der Waals surface area contributed by atoms with Crippen LogP contribution in [0.4, 0.5) is 13.2 Å². The Balaban J connectivity index is 1.71. The summed E-state index contributed by atoms with van der Waals surface area (Å²) in [5, 5.41) is 3.00. The molecular weight excluding hydrogens is 322 g/mol. The van der Waals surface area contributed by atoms with Gasteiger partial charge in [0.1, 0.15) is 13.9 Å². The van der Waals surface area contributed by atoms with E-state index < -0.39 is 36.5 Å². The third-order valence-corrected chi connectivity index (χ3v) is 4.32. The fourth-order valence-corrected chi connectivity index (χ4v) is 2.96. The Morgan fingerprint density at radius 2 is 1.92 bits per heavy atom. The number of esters is 1. The molecule has 1 aliphatic heterocycles. The molecule has 24 heavy (non-hydrogen) atoms. The van der Waals surface area contributed by atoms with Gasteiger partial charge in [0.2, 0.25) is 5.78 Å². The third-order valence-electron chi connectivity index (χ3n) is 4.32. The Hall–Kier alpha value is -1.83. The molecule has 1 N–H and O–H groups in total. The summed E-state index contributed by atoms with van der Waals surface area (Å²) in [7, 11) is 5.50. The molecule has 0 bridgehead atoms. The van der Waals surface area contributed by atoms with Crippen LogP contribution in [-0.4, -0.2) is 44.0 Å². The van der Waals surface area contributed by atoms with Crippen LogP contribution in [0.3, 0.4) is 0 Å². The SMILES string of the molecule is [B]c1ccc(C(=O)C(CC(F)(F)F)OC(=O)[C@@H]2CC3C[C@H]3N2)cc1. The van der Waals surface area contributed by atoms with Crippen LogP contribution in [0.5, 0.6) is 0 Å². The zero-order valence-electron chi connectivity index (χ0n) is 12.7. The quantitative estimate of drug-likeness (QED) is 0.500. The number of alkyl halides is 3. The van der Waals surface area contributed by atoms with E-state index in [9.17, 15) is 22.8 Å². The largest absolute Gasteiger partial charge is 0.452 e. The Morgan fingerprint density at radius 1 is 1.25 bits per heavy atom. The van der Waals surface area contributed by atoms with E-state index in [4.69, 9.17) is 12.6 Å². The number of Topliss-reactive ketones (excluding diaryl/α,β-unsaturated/α-hetero) is 1. The second-order valence-corrected chi connectivity index (χ2v) is 6.29. The predicted molar refractivity (Wildman–Crippen MR) is 80.1 cm³/mol. The van der Waals surface area contributed by atoms with Gasteiger partial charge in [-0.3, -0.25) is 9.59 Å². The standard InChI is InChI=1S/C16H15BF3NO3/c17-10-3-1-8(2-4-10)14(22)13(7-16(18,19)20)24-15(23)12-6-9-5-11(9)21-12/h1-4,9,11-13,21H,5-7H2/t9?,11-,12+,13?/m1/s1. The van der Waals surface area contributed by atoms with Gasteiger partial charge in [0.05, 0.1) is 6.42 Å². The monoisotopic (exact) mass is 337 g/mol. The minimum atomic E-state index is -4.63. The number of fused-ring (bicyclic) bond motifs is 1. The van der Waals surface area contributed by atoms with Crippen molar-refractivity contribution in [2.45, 2.75) is 43.6 Å². The minimum absolute atomic E-state index is 0.0217. The molecule has 1 aliphatic carbocycles. The Bertz CT molecular complexity index is 637. The number of ether oxygens (including phenoxy) is 1. The fourth-order valence-electron chi connectivity index (χ4n) is 2.96. The lowest BCUT2D eigenvalue weighted by atomic mass is 9.93. The molecule has 1 heterocycles. The summed E-state index contributed by atoms with van der Waals surface area (Å²) in [5.74, 6) is -1.31. The molecule has 4 atom stereocenters. The highest BCUT2D eigenvalue weighted by molar-refractivity contribution is 6.32. The van der Waals surface area contributed by atoms with Crippen LogP contribution in [0.25, 0.3) is 0 Å². The molecule has 126 valence electrons. The van der Waals surface area contributed by atoms with E-state index in [0.29, 0.717) is 17.8 Å². The molecule has 2 fully saturated rings. The van der Waals surface area contributed by atoms with E-state index in [1.165, 1.54) is 24.3 Å². The zero-order valence-corrected chi connectivity index (χ0v) is 12.7. The van der Waals surface area contributed by atoms with E-state index in [1.807, 2.05) is 0 Å². The van der Waals surface area contributed by atoms with Crippen LogP contribution in [0, 0.1) is 5.92 Å². The first-order valence-electron chi connectivity index (χ1n) is 7.66. The zero-order chi connectivity index (χ0) is 17.5. The van der Waals surface area contributed by atoms with Crippen molar-refractivity contribution < 1.29 is 27.5 Å². The molecule has 2 aliphatic rings. The summed E-state index contributed by atoms with van der Waals surface area (Å²) >= 11 is 0. The van der Waals surface area contributed by atoms with Crippen molar-refractivity contribution in [1.29, 1.82) is 0 Å². The molecule has 2 unspecified atom stereocenters. The Kier molecular flexibility index (Phi) is 4.42. The number of piperidine rings is 1. The van der Waals surface area contributed by atoms with Gasteiger partial charge in [0.15, 0.2) is 6.10 Å². The fraction of sp³-hybridized carbons (Fsp3) is 0.500. The van der Waals surface area contributed by atoms with Gasteiger partial charge < -0.3 is 10.1 Å². The molecule has 0 spiro atoms. The van der Waals surface area contributed by atoms with Gasteiger partial charge >= 0.3 is 12.1 Å². The lowest BCUT2D eigenvalue weighted by Crippen LogP contribution is -2.40. The molecule has 2 radical (unpaired) electrons. The first-order chi connectivity index (χ1) is 11.2. The molecule has 8 heteroatoms. The molecular formula is C16H15BF3NO3. The van der Waals surface area contributed by atoms with Gasteiger partial charge in [0.25, 0.3) is 0 Å². The maximum atomic E-state index is 12.8. The van der Waals surface area contributed by atoms with E-state index in [0.717, 1.165) is 6.42 Å². The van der Waals surface area contributed by atoms with Crippen LogP contribution >= 0.6 is 0 Å². The summed E-state index contributed by atoms with van der Waals surface area (Å²) in [6.07, 6.45) is -6.51. The smallest absolute Gasteiger partial charge is 0.393 e. The lowest BCUT2D eigenvalue weighted by Gasteiger charge is -2.21. The number of hydrogen-bond donors (Lipinski definition) is 1. The predicted octanol–water partition coefficient (Wildman–Crippen LogP) is 1.28. The highest BCUT2D eigenvalue weighted by atomic mass is 19.4. The second kappa shape index (κ2) is 6.24. The Labute approximate surface area is 138 Å². The lowest BCUT2D eigenvalue weighted by molar-refractivity contribution is -0.168. The summed E-state index contributed by atoms with van der Waals surface area (Å²) in [5.41, 5.74) is 0.402. The highest BCUT2D eigenvalue weighted by Gasteiger charge is 2.49. The van der Waals surface area contributed by atoms with Gasteiger partial charge in [-0.1, -0.05) is 29.7 Å². The van der Waals surface area contributed by atoms with E-state index in [1.54, 1.807) is 0 Å². The summed E-state index contributed by atoms with van der Waals surface area (Å²) < 4.78 is 43.2. The summed E-state index contributed by atoms with van der Waals surface area (Å²) in [6.45, 7) is 0.